The molecule has 2 heterocycles. The summed E-state index contributed by atoms with van der Waals surface area (Å²) in [6, 6.07) is 3.83. The highest BCUT2D eigenvalue weighted by molar-refractivity contribution is 6.25. The summed E-state index contributed by atoms with van der Waals surface area (Å²) in [5, 5.41) is 11.6. The van der Waals surface area contributed by atoms with E-state index in [4.69, 9.17) is 5.53 Å². The zero-order valence-electron chi connectivity index (χ0n) is 19.4. The van der Waals surface area contributed by atoms with Crippen LogP contribution >= 0.6 is 0 Å². The Balaban J connectivity index is 1.44. The zero-order chi connectivity index (χ0) is 25.2. The maximum absolute atomic E-state index is 13.0. The van der Waals surface area contributed by atoms with E-state index in [1.165, 1.54) is 6.07 Å². The number of azide groups is 1. The van der Waals surface area contributed by atoms with Crippen molar-refractivity contribution in [3.63, 3.8) is 0 Å². The van der Waals surface area contributed by atoms with Gasteiger partial charge in [0.2, 0.25) is 17.7 Å². The fourth-order valence-corrected chi connectivity index (χ4v) is 4.19. The van der Waals surface area contributed by atoms with E-state index in [2.05, 4.69) is 26.0 Å². The average molecular weight is 484 g/mol. The third-order valence-electron chi connectivity index (χ3n) is 5.96. The Morgan fingerprint density at radius 3 is 2.63 bits per heavy atom. The number of benzene rings is 1. The van der Waals surface area contributed by atoms with E-state index in [0.29, 0.717) is 31.7 Å². The second kappa shape index (κ2) is 12.5. The van der Waals surface area contributed by atoms with Crippen LogP contribution < -0.4 is 16.0 Å². The molecule has 0 spiro atoms. The van der Waals surface area contributed by atoms with E-state index in [-0.39, 0.29) is 29.9 Å². The molecule has 1 unspecified atom stereocenters. The third-order valence-corrected chi connectivity index (χ3v) is 5.96. The molecule has 1 aromatic carbocycles. The number of piperidine rings is 1. The number of amides is 5. The highest BCUT2D eigenvalue weighted by Gasteiger charge is 2.45. The second-order valence-corrected chi connectivity index (χ2v) is 8.42. The summed E-state index contributed by atoms with van der Waals surface area (Å²) in [4.78, 5) is 65.2. The Kier molecular flexibility index (Phi) is 9.19. The van der Waals surface area contributed by atoms with Gasteiger partial charge in [0, 0.05) is 43.1 Å². The Bertz CT molecular complexity index is 1050. The minimum atomic E-state index is -1.02. The second-order valence-electron chi connectivity index (χ2n) is 8.42. The molecule has 1 aromatic rings. The van der Waals surface area contributed by atoms with Gasteiger partial charge in [-0.2, -0.15) is 0 Å². The molecule has 1 atom stereocenters. The van der Waals surface area contributed by atoms with Crippen molar-refractivity contribution >= 4 is 35.2 Å². The van der Waals surface area contributed by atoms with Gasteiger partial charge >= 0.3 is 0 Å². The molecule has 3 N–H and O–H groups in total. The third kappa shape index (κ3) is 6.57. The fourth-order valence-electron chi connectivity index (χ4n) is 4.19. The SMILES string of the molecule is [N-]=[N+]=NCCCCCCCC(=O)NCCNc1cccc2c1C(=O)N(C1CCC(=O)NC1=O)C2=O. The van der Waals surface area contributed by atoms with Crippen LogP contribution in [0.15, 0.2) is 23.3 Å². The smallest absolute Gasteiger partial charge is 0.264 e. The highest BCUT2D eigenvalue weighted by Crippen LogP contribution is 2.32. The lowest BCUT2D eigenvalue weighted by Crippen LogP contribution is -2.54. The van der Waals surface area contributed by atoms with Gasteiger partial charge < -0.3 is 10.6 Å². The Morgan fingerprint density at radius 1 is 1.09 bits per heavy atom. The van der Waals surface area contributed by atoms with E-state index < -0.39 is 29.7 Å². The van der Waals surface area contributed by atoms with Crippen molar-refractivity contribution in [3.05, 3.63) is 39.8 Å². The monoisotopic (exact) mass is 483 g/mol. The van der Waals surface area contributed by atoms with Gasteiger partial charge in [-0.05, 0) is 36.9 Å². The first-order chi connectivity index (χ1) is 16.9. The van der Waals surface area contributed by atoms with Crippen molar-refractivity contribution in [2.45, 2.75) is 57.4 Å². The van der Waals surface area contributed by atoms with Gasteiger partial charge in [0.1, 0.15) is 6.04 Å². The van der Waals surface area contributed by atoms with Crippen LogP contribution in [0.4, 0.5) is 5.69 Å². The maximum Gasteiger partial charge on any atom is 0.264 e. The molecule has 1 fully saturated rings. The molecule has 186 valence electrons. The largest absolute Gasteiger partial charge is 0.383 e. The number of fused-ring (bicyclic) bond motifs is 1. The fraction of sp³-hybridized carbons (Fsp3) is 0.522. The lowest BCUT2D eigenvalue weighted by Gasteiger charge is -2.27. The van der Waals surface area contributed by atoms with Gasteiger partial charge in [-0.15, -0.1) is 0 Å². The first-order valence-electron chi connectivity index (χ1n) is 11.8. The number of carbonyl (C=O) groups excluding carboxylic acids is 5. The van der Waals surface area contributed by atoms with Crippen LogP contribution in [-0.4, -0.2) is 60.1 Å². The van der Waals surface area contributed by atoms with Crippen molar-refractivity contribution in [2.75, 3.05) is 25.0 Å². The van der Waals surface area contributed by atoms with E-state index in [1.54, 1.807) is 12.1 Å². The predicted octanol–water partition coefficient (Wildman–Crippen LogP) is 2.27. The number of carbonyl (C=O) groups is 5. The molecule has 12 heteroatoms. The number of unbranched alkanes of at least 4 members (excludes halogenated alkanes) is 4. The summed E-state index contributed by atoms with van der Waals surface area (Å²) in [5.41, 5.74) is 9.06. The van der Waals surface area contributed by atoms with Crippen molar-refractivity contribution in [3.8, 4) is 0 Å². The van der Waals surface area contributed by atoms with E-state index >= 15 is 0 Å². The maximum atomic E-state index is 13.0. The Morgan fingerprint density at radius 2 is 1.86 bits per heavy atom. The van der Waals surface area contributed by atoms with Crippen molar-refractivity contribution in [1.29, 1.82) is 0 Å². The summed E-state index contributed by atoms with van der Waals surface area (Å²) in [6.07, 6.45) is 5.09. The molecule has 0 aliphatic carbocycles. The number of anilines is 1. The van der Waals surface area contributed by atoms with E-state index in [0.717, 1.165) is 37.0 Å². The molecule has 0 aromatic heterocycles. The van der Waals surface area contributed by atoms with Crippen molar-refractivity contribution in [2.24, 2.45) is 5.11 Å². The zero-order valence-corrected chi connectivity index (χ0v) is 19.4. The Hall–Kier alpha value is -3.92. The van der Waals surface area contributed by atoms with Crippen LogP contribution in [0, 0.1) is 0 Å². The number of nitrogens with one attached hydrogen (secondary N) is 3. The molecule has 3 rings (SSSR count). The number of imide groups is 2. The summed E-state index contributed by atoms with van der Waals surface area (Å²) in [5.74, 6) is -2.27. The predicted molar refractivity (Wildman–Crippen MR) is 126 cm³/mol. The summed E-state index contributed by atoms with van der Waals surface area (Å²) >= 11 is 0. The van der Waals surface area contributed by atoms with Crippen LogP contribution in [0.5, 0.6) is 0 Å². The van der Waals surface area contributed by atoms with Gasteiger partial charge in [-0.25, -0.2) is 0 Å². The van der Waals surface area contributed by atoms with Crippen LogP contribution in [-0.2, 0) is 14.4 Å². The van der Waals surface area contributed by atoms with Gasteiger partial charge in [0.05, 0.1) is 11.1 Å². The van der Waals surface area contributed by atoms with Gasteiger partial charge in [-0.3, -0.25) is 34.2 Å². The topological polar surface area (TPSA) is 173 Å². The minimum Gasteiger partial charge on any atom is -0.383 e. The summed E-state index contributed by atoms with van der Waals surface area (Å²) in [6.45, 7) is 1.19. The molecule has 0 bridgehead atoms. The first-order valence-corrected chi connectivity index (χ1v) is 11.8. The van der Waals surface area contributed by atoms with E-state index in [9.17, 15) is 24.0 Å². The Labute approximate surface area is 202 Å². The highest BCUT2D eigenvalue weighted by atomic mass is 16.2. The van der Waals surface area contributed by atoms with Crippen molar-refractivity contribution < 1.29 is 24.0 Å². The quantitative estimate of drug-likeness (QED) is 0.128. The molecule has 2 aliphatic rings. The molecule has 5 amide bonds. The molecule has 12 nitrogen and oxygen atoms in total. The first kappa shape index (κ1) is 25.7. The van der Waals surface area contributed by atoms with E-state index in [1.807, 2.05) is 0 Å². The molecular formula is C23H29N7O5. The molecule has 0 saturated carbocycles. The molecule has 1 saturated heterocycles. The van der Waals surface area contributed by atoms with Crippen LogP contribution in [0.3, 0.4) is 0 Å². The number of rotatable bonds is 13. The molecular weight excluding hydrogens is 454 g/mol. The molecule has 35 heavy (non-hydrogen) atoms. The normalized spacial score (nSPS) is 17.0. The number of nitrogens with zero attached hydrogens (tertiary/aromatic N) is 4. The van der Waals surface area contributed by atoms with Crippen LogP contribution in [0.1, 0.15) is 72.1 Å². The van der Waals surface area contributed by atoms with Crippen LogP contribution in [0.25, 0.3) is 10.4 Å². The minimum absolute atomic E-state index is 0.0607. The molecule has 0 radical (unpaired) electrons. The standard InChI is InChI=1S/C23H29N7O5/c24-29-27-12-5-3-1-2-4-9-18(31)26-14-13-25-16-8-6-7-15-20(16)23(35)30(22(15)34)17-10-11-19(32)28-21(17)33/h6-8,17,25H,1-5,9-14H2,(H,26,31)(H,28,32,33). The number of hydrogen-bond donors (Lipinski definition) is 3. The summed E-state index contributed by atoms with van der Waals surface area (Å²) < 4.78 is 0. The van der Waals surface area contributed by atoms with Gasteiger partial charge in [0.15, 0.2) is 0 Å². The van der Waals surface area contributed by atoms with Gasteiger partial charge in [-0.1, -0.05) is 30.4 Å². The lowest BCUT2D eigenvalue weighted by atomic mass is 10.0. The average Bonchev–Trinajstić information content (AvgIpc) is 3.09. The van der Waals surface area contributed by atoms with Crippen molar-refractivity contribution in [1.82, 2.24) is 15.5 Å². The molecule has 2 aliphatic heterocycles. The summed E-state index contributed by atoms with van der Waals surface area (Å²) in [7, 11) is 0. The van der Waals surface area contributed by atoms with Gasteiger partial charge in [0.25, 0.3) is 11.8 Å². The lowest BCUT2D eigenvalue weighted by molar-refractivity contribution is -0.136. The van der Waals surface area contributed by atoms with Crippen LogP contribution in [0.2, 0.25) is 0 Å². The number of hydrogen-bond acceptors (Lipinski definition) is 7.